The van der Waals surface area contributed by atoms with Crippen LogP contribution >= 0.6 is 11.8 Å². The molecular weight excluding hydrogens is 382 g/mol. The van der Waals surface area contributed by atoms with E-state index in [-0.39, 0.29) is 18.3 Å². The van der Waals surface area contributed by atoms with Crippen molar-refractivity contribution in [2.75, 3.05) is 6.61 Å². The number of aliphatic carboxylic acids is 1. The van der Waals surface area contributed by atoms with Gasteiger partial charge in [-0.3, -0.25) is 14.4 Å². The van der Waals surface area contributed by atoms with Gasteiger partial charge in [0.05, 0.1) is 18.7 Å². The summed E-state index contributed by atoms with van der Waals surface area (Å²) >= 11 is 1.07. The molecule has 1 fully saturated rings. The second kappa shape index (κ2) is 10.6. The number of amides is 1. The third-order valence-corrected chi connectivity index (χ3v) is 5.02. The monoisotopic (exact) mass is 405 g/mol. The van der Waals surface area contributed by atoms with Gasteiger partial charge < -0.3 is 15.2 Å². The normalized spacial score (nSPS) is 18.2. The van der Waals surface area contributed by atoms with Gasteiger partial charge in [0.15, 0.2) is 5.17 Å². The van der Waals surface area contributed by atoms with Gasteiger partial charge in [-0.15, -0.1) is 5.10 Å². The average Bonchev–Trinajstić information content (AvgIpc) is 2.99. The third kappa shape index (κ3) is 6.80. The SMILES string of the molecule is CCOC(=O)CCCc1ccc(C(C)=NN=C2NC(=O)[C@@H](CC(=O)O)S2)cc1. The fraction of sp³-hybridized carbons (Fsp3) is 0.421. The van der Waals surface area contributed by atoms with Crippen LogP contribution in [0.3, 0.4) is 0 Å². The van der Waals surface area contributed by atoms with Gasteiger partial charge in [-0.1, -0.05) is 36.0 Å². The zero-order valence-electron chi connectivity index (χ0n) is 15.8. The Morgan fingerprint density at radius 3 is 2.64 bits per heavy atom. The summed E-state index contributed by atoms with van der Waals surface area (Å²) in [5, 5.41) is 19.1. The number of rotatable bonds is 9. The molecule has 0 aliphatic carbocycles. The Morgan fingerprint density at radius 1 is 1.29 bits per heavy atom. The maximum atomic E-state index is 11.7. The molecule has 1 aromatic carbocycles. The highest BCUT2D eigenvalue weighted by Crippen LogP contribution is 2.22. The lowest BCUT2D eigenvalue weighted by atomic mass is 10.0. The van der Waals surface area contributed by atoms with Crippen LogP contribution < -0.4 is 5.32 Å². The Morgan fingerprint density at radius 2 is 2.00 bits per heavy atom. The molecule has 1 atom stereocenters. The van der Waals surface area contributed by atoms with Crippen LogP contribution in [0.15, 0.2) is 34.5 Å². The van der Waals surface area contributed by atoms with Gasteiger partial charge in [0.1, 0.15) is 5.25 Å². The van der Waals surface area contributed by atoms with Gasteiger partial charge >= 0.3 is 11.9 Å². The fourth-order valence-corrected chi connectivity index (χ4v) is 3.41. The van der Waals surface area contributed by atoms with Crippen LogP contribution in [-0.4, -0.2) is 45.7 Å². The average molecular weight is 405 g/mol. The molecule has 0 bridgehead atoms. The summed E-state index contributed by atoms with van der Waals surface area (Å²) < 4.78 is 4.91. The van der Waals surface area contributed by atoms with Crippen molar-refractivity contribution >= 4 is 40.5 Å². The zero-order valence-corrected chi connectivity index (χ0v) is 16.6. The molecule has 2 rings (SSSR count). The van der Waals surface area contributed by atoms with Crippen LogP contribution in [0.5, 0.6) is 0 Å². The minimum Gasteiger partial charge on any atom is -0.481 e. The van der Waals surface area contributed by atoms with E-state index >= 15 is 0 Å². The number of aryl methyl sites for hydroxylation is 1. The Balaban J connectivity index is 1.90. The molecule has 0 radical (unpaired) electrons. The first-order valence-electron chi connectivity index (χ1n) is 8.95. The number of esters is 1. The van der Waals surface area contributed by atoms with Crippen LogP contribution in [-0.2, 0) is 25.5 Å². The largest absolute Gasteiger partial charge is 0.481 e. The van der Waals surface area contributed by atoms with Crippen molar-refractivity contribution in [3.63, 3.8) is 0 Å². The number of nitrogens with zero attached hydrogens (tertiary/aromatic N) is 2. The summed E-state index contributed by atoms with van der Waals surface area (Å²) in [5.41, 5.74) is 2.67. The summed E-state index contributed by atoms with van der Waals surface area (Å²) in [6.07, 6.45) is 1.66. The number of ether oxygens (including phenoxy) is 1. The number of nitrogens with one attached hydrogen (secondary N) is 1. The number of amidine groups is 1. The van der Waals surface area contributed by atoms with Gasteiger partial charge in [-0.05, 0) is 37.8 Å². The summed E-state index contributed by atoms with van der Waals surface area (Å²) in [4.78, 5) is 33.8. The van der Waals surface area contributed by atoms with Crippen molar-refractivity contribution in [2.45, 2.75) is 44.8 Å². The summed E-state index contributed by atoms with van der Waals surface area (Å²) in [6, 6.07) is 7.79. The van der Waals surface area contributed by atoms with Gasteiger partial charge in [-0.25, -0.2) is 0 Å². The molecule has 2 N–H and O–H groups in total. The topological polar surface area (TPSA) is 117 Å². The number of carboxylic acids is 1. The van der Waals surface area contributed by atoms with Gasteiger partial charge in [-0.2, -0.15) is 5.10 Å². The number of hydrogen-bond donors (Lipinski definition) is 2. The summed E-state index contributed by atoms with van der Waals surface area (Å²) in [6.45, 7) is 3.99. The van der Waals surface area contributed by atoms with Crippen LogP contribution in [0.4, 0.5) is 0 Å². The second-order valence-corrected chi connectivity index (χ2v) is 7.33. The summed E-state index contributed by atoms with van der Waals surface area (Å²) in [5.74, 6) is -1.58. The van der Waals surface area contributed by atoms with E-state index in [1.807, 2.05) is 24.3 Å². The molecule has 1 aliphatic heterocycles. The first-order chi connectivity index (χ1) is 13.4. The number of benzene rings is 1. The van der Waals surface area contributed by atoms with Gasteiger partial charge in [0.2, 0.25) is 5.91 Å². The first kappa shape index (κ1) is 21.6. The summed E-state index contributed by atoms with van der Waals surface area (Å²) in [7, 11) is 0. The van der Waals surface area contributed by atoms with Crippen LogP contribution in [0, 0.1) is 0 Å². The quantitative estimate of drug-likeness (QED) is 0.370. The zero-order chi connectivity index (χ0) is 20.5. The molecule has 1 heterocycles. The predicted molar refractivity (Wildman–Crippen MR) is 107 cm³/mol. The van der Waals surface area contributed by atoms with E-state index in [4.69, 9.17) is 9.84 Å². The van der Waals surface area contributed by atoms with Crippen LogP contribution in [0.1, 0.15) is 44.2 Å². The highest BCUT2D eigenvalue weighted by molar-refractivity contribution is 8.15. The Labute approximate surface area is 167 Å². The molecule has 1 amide bonds. The fourth-order valence-electron chi connectivity index (χ4n) is 2.51. The Kier molecular flexibility index (Phi) is 8.19. The Bertz CT molecular complexity index is 789. The number of carbonyl (C=O) groups excluding carboxylic acids is 2. The van der Waals surface area contributed by atoms with Crippen molar-refractivity contribution < 1.29 is 24.2 Å². The molecular formula is C19H23N3O5S. The molecule has 0 saturated carbocycles. The van der Waals surface area contributed by atoms with E-state index in [9.17, 15) is 14.4 Å². The molecule has 0 spiro atoms. The first-order valence-corrected chi connectivity index (χ1v) is 9.83. The van der Waals surface area contributed by atoms with Crippen LogP contribution in [0.25, 0.3) is 0 Å². The van der Waals surface area contributed by atoms with Crippen LogP contribution in [0.2, 0.25) is 0 Å². The predicted octanol–water partition coefficient (Wildman–Crippen LogP) is 2.36. The highest BCUT2D eigenvalue weighted by Gasteiger charge is 2.32. The van der Waals surface area contributed by atoms with E-state index in [1.165, 1.54) is 0 Å². The van der Waals surface area contributed by atoms with E-state index < -0.39 is 11.2 Å². The molecule has 28 heavy (non-hydrogen) atoms. The number of hydrogen-bond acceptors (Lipinski definition) is 7. The molecule has 1 aliphatic rings. The lowest BCUT2D eigenvalue weighted by molar-refractivity contribution is -0.143. The molecule has 1 saturated heterocycles. The molecule has 0 unspecified atom stereocenters. The Hall–Kier alpha value is -2.68. The van der Waals surface area contributed by atoms with Gasteiger partial charge in [0.25, 0.3) is 0 Å². The van der Waals surface area contributed by atoms with E-state index in [1.54, 1.807) is 13.8 Å². The number of carboxylic acid groups (broad SMARTS) is 1. The lowest BCUT2D eigenvalue weighted by Gasteiger charge is -2.04. The third-order valence-electron chi connectivity index (χ3n) is 3.95. The van der Waals surface area contributed by atoms with Crippen molar-refractivity contribution in [2.24, 2.45) is 10.2 Å². The molecule has 0 aromatic heterocycles. The van der Waals surface area contributed by atoms with Gasteiger partial charge in [0, 0.05) is 6.42 Å². The minimum atomic E-state index is -1.03. The maximum absolute atomic E-state index is 11.7. The van der Waals surface area contributed by atoms with E-state index in [0.29, 0.717) is 23.9 Å². The minimum absolute atomic E-state index is 0.177. The highest BCUT2D eigenvalue weighted by atomic mass is 32.2. The standard InChI is InChI=1S/C19H23N3O5S/c1-3-27-17(25)6-4-5-13-7-9-14(10-8-13)12(2)21-22-19-20-18(26)15(28-19)11-16(23)24/h7-10,15H,3-6,11H2,1-2H3,(H,23,24)(H,20,22,26)/t15-/m1/s1. The lowest BCUT2D eigenvalue weighted by Crippen LogP contribution is -2.26. The molecule has 9 heteroatoms. The molecule has 150 valence electrons. The maximum Gasteiger partial charge on any atom is 0.305 e. The van der Waals surface area contributed by atoms with Crippen molar-refractivity contribution in [3.8, 4) is 0 Å². The second-order valence-electron chi connectivity index (χ2n) is 6.14. The van der Waals surface area contributed by atoms with Crippen molar-refractivity contribution in [1.82, 2.24) is 5.32 Å². The molecule has 1 aromatic rings. The van der Waals surface area contributed by atoms with Crippen molar-refractivity contribution in [3.05, 3.63) is 35.4 Å². The smallest absolute Gasteiger partial charge is 0.305 e. The number of thioether (sulfide) groups is 1. The molecule has 8 nitrogen and oxygen atoms in total. The van der Waals surface area contributed by atoms with E-state index in [2.05, 4.69) is 15.5 Å². The number of carbonyl (C=O) groups is 3. The van der Waals surface area contributed by atoms with Crippen molar-refractivity contribution in [1.29, 1.82) is 0 Å². The van der Waals surface area contributed by atoms with E-state index in [0.717, 1.165) is 35.7 Å².